The van der Waals surface area contributed by atoms with E-state index in [0.29, 0.717) is 13.1 Å². The normalized spacial score (nSPS) is 12.0. The summed E-state index contributed by atoms with van der Waals surface area (Å²) in [4.78, 5) is 14.4. The van der Waals surface area contributed by atoms with E-state index in [1.807, 2.05) is 55.3 Å². The van der Waals surface area contributed by atoms with Crippen LogP contribution in [0.5, 0.6) is 5.75 Å². The Morgan fingerprint density at radius 3 is 2.50 bits per heavy atom. The van der Waals surface area contributed by atoms with Crippen molar-refractivity contribution in [2.45, 2.75) is 33.0 Å². The number of hydrogen-bond donors (Lipinski definition) is 1. The molecule has 2 rings (SSSR count). The zero-order valence-electron chi connectivity index (χ0n) is 14.9. The minimum atomic E-state index is -0.222. The van der Waals surface area contributed by atoms with Crippen molar-refractivity contribution < 1.29 is 9.53 Å². The van der Waals surface area contributed by atoms with Gasteiger partial charge < -0.3 is 10.1 Å². The molecule has 1 atom stereocenters. The Labute approximate surface area is 144 Å². The Bertz CT molecular complexity index is 668. The van der Waals surface area contributed by atoms with Crippen molar-refractivity contribution in [2.24, 2.45) is 0 Å². The Kier molecular flexibility index (Phi) is 6.38. The fraction of sp³-hybridized carbons (Fsp3) is 0.350. The topological polar surface area (TPSA) is 41.6 Å². The van der Waals surface area contributed by atoms with Crippen molar-refractivity contribution in [3.63, 3.8) is 0 Å². The third-order valence-electron chi connectivity index (χ3n) is 4.24. The Balaban J connectivity index is 1.90. The predicted octanol–water partition coefficient (Wildman–Crippen LogP) is 3.14. The maximum absolute atomic E-state index is 12.4. The molecule has 128 valence electrons. The lowest BCUT2D eigenvalue weighted by Crippen LogP contribution is -2.42. The molecule has 1 N–H and O–H groups in total. The van der Waals surface area contributed by atoms with Crippen LogP contribution in [0.4, 0.5) is 0 Å². The summed E-state index contributed by atoms with van der Waals surface area (Å²) in [6.07, 6.45) is 0. The summed E-state index contributed by atoms with van der Waals surface area (Å²) < 4.78 is 5.37. The molecule has 0 spiro atoms. The summed E-state index contributed by atoms with van der Waals surface area (Å²) in [6.45, 7) is 5.17. The number of nitrogens with zero attached hydrogens (tertiary/aromatic N) is 1. The molecule has 0 aliphatic heterocycles. The van der Waals surface area contributed by atoms with Crippen LogP contribution in [0.3, 0.4) is 0 Å². The van der Waals surface area contributed by atoms with Gasteiger partial charge in [0.25, 0.3) is 0 Å². The average molecular weight is 326 g/mol. The van der Waals surface area contributed by atoms with Gasteiger partial charge in [-0.25, -0.2) is 0 Å². The molecule has 0 fully saturated rings. The van der Waals surface area contributed by atoms with Crippen LogP contribution in [0.15, 0.2) is 48.5 Å². The first kappa shape index (κ1) is 18.0. The molecule has 0 saturated carbocycles. The van der Waals surface area contributed by atoms with E-state index in [9.17, 15) is 4.79 Å². The van der Waals surface area contributed by atoms with Crippen LogP contribution in [0, 0.1) is 6.92 Å². The molecule has 2 aromatic rings. The molecule has 0 aromatic heterocycles. The summed E-state index contributed by atoms with van der Waals surface area (Å²) in [6, 6.07) is 15.8. The summed E-state index contributed by atoms with van der Waals surface area (Å²) in [5.74, 6) is 0.865. The highest BCUT2D eigenvalue weighted by atomic mass is 16.5. The molecule has 0 saturated heterocycles. The number of carbonyl (C=O) groups excluding carboxylic acids is 1. The highest BCUT2D eigenvalue weighted by molar-refractivity contribution is 5.81. The summed E-state index contributed by atoms with van der Waals surface area (Å²) in [5, 5.41) is 3.00. The fourth-order valence-corrected chi connectivity index (χ4v) is 2.48. The predicted molar refractivity (Wildman–Crippen MR) is 96.9 cm³/mol. The van der Waals surface area contributed by atoms with Crippen LogP contribution in [-0.4, -0.2) is 31.0 Å². The molecule has 0 aliphatic carbocycles. The van der Waals surface area contributed by atoms with Crippen molar-refractivity contribution in [1.29, 1.82) is 0 Å². The highest BCUT2D eigenvalue weighted by Gasteiger charge is 2.18. The highest BCUT2D eigenvalue weighted by Crippen LogP contribution is 2.19. The van der Waals surface area contributed by atoms with Gasteiger partial charge in [-0.2, -0.15) is 0 Å². The number of para-hydroxylation sites is 1. The zero-order valence-corrected chi connectivity index (χ0v) is 14.9. The van der Waals surface area contributed by atoms with Gasteiger partial charge in [-0.05, 0) is 32.5 Å². The van der Waals surface area contributed by atoms with Gasteiger partial charge in [-0.1, -0.05) is 48.0 Å². The van der Waals surface area contributed by atoms with Gasteiger partial charge in [-0.15, -0.1) is 0 Å². The number of rotatable bonds is 7. The molecule has 0 aliphatic rings. The number of aryl methyl sites for hydroxylation is 1. The summed E-state index contributed by atoms with van der Waals surface area (Å²) in [7, 11) is 3.61. The molecule has 4 nitrogen and oxygen atoms in total. The van der Waals surface area contributed by atoms with Crippen molar-refractivity contribution >= 4 is 5.91 Å². The van der Waals surface area contributed by atoms with Gasteiger partial charge in [0.2, 0.25) is 5.91 Å². The van der Waals surface area contributed by atoms with Crippen LogP contribution in [0.25, 0.3) is 0 Å². The lowest BCUT2D eigenvalue weighted by molar-refractivity contribution is -0.125. The third-order valence-corrected chi connectivity index (χ3v) is 4.24. The molecular formula is C20H26N2O2. The number of hydrogen-bond acceptors (Lipinski definition) is 3. The number of amides is 1. The fourth-order valence-electron chi connectivity index (χ4n) is 2.48. The first-order valence-corrected chi connectivity index (χ1v) is 8.16. The molecular weight excluding hydrogens is 300 g/mol. The van der Waals surface area contributed by atoms with E-state index in [4.69, 9.17) is 4.74 Å². The first-order chi connectivity index (χ1) is 11.5. The SMILES string of the molecule is COc1ccccc1CN(C)C(C)C(=O)NCc1ccc(C)cc1. The van der Waals surface area contributed by atoms with Crippen molar-refractivity contribution in [3.05, 3.63) is 65.2 Å². The Morgan fingerprint density at radius 2 is 1.83 bits per heavy atom. The van der Waals surface area contributed by atoms with Crippen LogP contribution >= 0.6 is 0 Å². The van der Waals surface area contributed by atoms with Crippen molar-refractivity contribution in [3.8, 4) is 5.75 Å². The van der Waals surface area contributed by atoms with Crippen LogP contribution < -0.4 is 10.1 Å². The third kappa shape index (κ3) is 4.83. The maximum Gasteiger partial charge on any atom is 0.237 e. The number of carbonyl (C=O) groups is 1. The minimum Gasteiger partial charge on any atom is -0.496 e. The Hall–Kier alpha value is -2.33. The maximum atomic E-state index is 12.4. The summed E-state index contributed by atoms with van der Waals surface area (Å²) in [5.41, 5.74) is 3.39. The first-order valence-electron chi connectivity index (χ1n) is 8.16. The van der Waals surface area contributed by atoms with Crippen molar-refractivity contribution in [2.75, 3.05) is 14.2 Å². The molecule has 1 amide bonds. The zero-order chi connectivity index (χ0) is 17.5. The second-order valence-corrected chi connectivity index (χ2v) is 6.11. The second-order valence-electron chi connectivity index (χ2n) is 6.11. The van der Waals surface area contributed by atoms with E-state index >= 15 is 0 Å². The smallest absolute Gasteiger partial charge is 0.237 e. The lowest BCUT2D eigenvalue weighted by atomic mass is 10.1. The van der Waals surface area contributed by atoms with Crippen LogP contribution in [-0.2, 0) is 17.9 Å². The molecule has 0 radical (unpaired) electrons. The van der Waals surface area contributed by atoms with Gasteiger partial charge >= 0.3 is 0 Å². The van der Waals surface area contributed by atoms with E-state index in [0.717, 1.165) is 16.9 Å². The van der Waals surface area contributed by atoms with Gasteiger partial charge in [-0.3, -0.25) is 9.69 Å². The monoisotopic (exact) mass is 326 g/mol. The van der Waals surface area contributed by atoms with E-state index in [-0.39, 0.29) is 11.9 Å². The van der Waals surface area contributed by atoms with Crippen molar-refractivity contribution in [1.82, 2.24) is 10.2 Å². The molecule has 0 heterocycles. The molecule has 4 heteroatoms. The van der Waals surface area contributed by atoms with Gasteiger partial charge in [0, 0.05) is 18.7 Å². The standard InChI is InChI=1S/C20H26N2O2/c1-15-9-11-17(12-10-15)13-21-20(23)16(2)22(3)14-18-7-5-6-8-19(18)24-4/h5-12,16H,13-14H2,1-4H3,(H,21,23). The van der Waals surface area contributed by atoms with E-state index in [1.165, 1.54) is 5.56 Å². The van der Waals surface area contributed by atoms with Crippen LogP contribution in [0.1, 0.15) is 23.6 Å². The van der Waals surface area contributed by atoms with E-state index in [2.05, 4.69) is 24.4 Å². The van der Waals surface area contributed by atoms with Gasteiger partial charge in [0.15, 0.2) is 0 Å². The number of nitrogens with one attached hydrogen (secondary N) is 1. The molecule has 1 unspecified atom stereocenters. The number of ether oxygens (including phenoxy) is 1. The minimum absolute atomic E-state index is 0.0213. The van der Waals surface area contributed by atoms with Gasteiger partial charge in [0.05, 0.1) is 13.2 Å². The lowest BCUT2D eigenvalue weighted by Gasteiger charge is -2.24. The molecule has 0 bridgehead atoms. The quantitative estimate of drug-likeness (QED) is 0.850. The molecule has 2 aromatic carbocycles. The van der Waals surface area contributed by atoms with Gasteiger partial charge in [0.1, 0.15) is 5.75 Å². The summed E-state index contributed by atoms with van der Waals surface area (Å²) >= 11 is 0. The van der Waals surface area contributed by atoms with E-state index in [1.54, 1.807) is 7.11 Å². The number of benzene rings is 2. The largest absolute Gasteiger partial charge is 0.496 e. The Morgan fingerprint density at radius 1 is 1.17 bits per heavy atom. The number of likely N-dealkylation sites (N-methyl/N-ethyl adjacent to an activating group) is 1. The number of methoxy groups -OCH3 is 1. The van der Waals surface area contributed by atoms with Crippen LogP contribution in [0.2, 0.25) is 0 Å². The average Bonchev–Trinajstić information content (AvgIpc) is 2.60. The second kappa shape index (κ2) is 8.50. The molecule has 24 heavy (non-hydrogen) atoms. The van der Waals surface area contributed by atoms with E-state index < -0.39 is 0 Å².